The quantitative estimate of drug-likeness (QED) is 0.693. The van der Waals surface area contributed by atoms with Gasteiger partial charge >= 0.3 is 12.1 Å². The van der Waals surface area contributed by atoms with Gasteiger partial charge in [-0.15, -0.1) is 0 Å². The number of aromatic nitrogens is 1. The fourth-order valence-electron chi connectivity index (χ4n) is 2.17. The number of halogens is 1. The highest BCUT2D eigenvalue weighted by Gasteiger charge is 2.19. The molecule has 0 atom stereocenters. The van der Waals surface area contributed by atoms with E-state index in [0.717, 1.165) is 4.57 Å². The lowest BCUT2D eigenvalue weighted by Gasteiger charge is -2.07. The van der Waals surface area contributed by atoms with Crippen LogP contribution >= 0.6 is 11.6 Å². The number of benzene rings is 1. The minimum Gasteiger partial charge on any atom is -0.466 e. The van der Waals surface area contributed by atoms with E-state index >= 15 is 0 Å². The van der Waals surface area contributed by atoms with Crippen molar-refractivity contribution < 1.29 is 24.2 Å². The molecule has 0 spiro atoms. The first-order valence-corrected chi connectivity index (χ1v) is 6.54. The van der Waals surface area contributed by atoms with Crippen LogP contribution in [0.25, 0.3) is 10.9 Å². The Hall–Kier alpha value is -2.34. The molecule has 1 aromatic heterocycles. The molecule has 6 nitrogen and oxygen atoms in total. The molecule has 1 heterocycles. The number of rotatable bonds is 4. The molecular formula is C14H12ClNO5. The van der Waals surface area contributed by atoms with E-state index in [0.29, 0.717) is 27.8 Å². The Balaban J connectivity index is 2.65. The highest BCUT2D eigenvalue weighted by Crippen LogP contribution is 2.29. The number of hydrogen-bond acceptors (Lipinski definition) is 4. The molecule has 0 bridgehead atoms. The minimum absolute atomic E-state index is 0.0233. The van der Waals surface area contributed by atoms with Gasteiger partial charge in [-0.3, -0.25) is 9.59 Å². The number of carbonyl (C=O) groups excluding carboxylic acids is 2. The van der Waals surface area contributed by atoms with Gasteiger partial charge in [-0.2, -0.15) is 0 Å². The van der Waals surface area contributed by atoms with Crippen molar-refractivity contribution in [2.45, 2.75) is 13.3 Å². The number of fused-ring (bicyclic) bond motifs is 1. The van der Waals surface area contributed by atoms with Crippen LogP contribution in [-0.2, 0) is 16.0 Å². The molecule has 0 saturated heterocycles. The zero-order chi connectivity index (χ0) is 15.6. The van der Waals surface area contributed by atoms with Crippen LogP contribution < -0.4 is 0 Å². The number of hydrogen-bond donors (Lipinski definition) is 1. The van der Waals surface area contributed by atoms with Crippen molar-refractivity contribution in [3.05, 3.63) is 34.5 Å². The van der Waals surface area contributed by atoms with Gasteiger partial charge in [0.05, 0.1) is 24.2 Å². The molecule has 0 amide bonds. The summed E-state index contributed by atoms with van der Waals surface area (Å²) in [5, 5.41) is 9.95. The zero-order valence-corrected chi connectivity index (χ0v) is 11.9. The average Bonchev–Trinajstić information content (AvgIpc) is 2.81. The third kappa shape index (κ3) is 2.75. The maximum Gasteiger partial charge on any atom is 0.416 e. The van der Waals surface area contributed by atoms with E-state index in [1.807, 2.05) is 0 Å². The number of nitrogens with zero attached hydrogens (tertiary/aromatic N) is 1. The normalized spacial score (nSPS) is 10.6. The third-order valence-electron chi connectivity index (χ3n) is 3.01. The van der Waals surface area contributed by atoms with Gasteiger partial charge in [0, 0.05) is 10.4 Å². The Morgan fingerprint density at radius 1 is 1.43 bits per heavy atom. The number of aldehydes is 1. The van der Waals surface area contributed by atoms with Crippen LogP contribution in [0.15, 0.2) is 18.2 Å². The fourth-order valence-corrected chi connectivity index (χ4v) is 2.40. The molecule has 2 rings (SSSR count). The predicted octanol–water partition coefficient (Wildman–Crippen LogP) is 2.74. The van der Waals surface area contributed by atoms with Crippen molar-refractivity contribution in [2.24, 2.45) is 0 Å². The van der Waals surface area contributed by atoms with Crippen molar-refractivity contribution in [3.63, 3.8) is 0 Å². The van der Waals surface area contributed by atoms with Gasteiger partial charge < -0.3 is 9.84 Å². The average molecular weight is 310 g/mol. The summed E-state index contributed by atoms with van der Waals surface area (Å²) < 4.78 is 5.72. The van der Waals surface area contributed by atoms with Crippen LogP contribution in [0, 0.1) is 0 Å². The fraction of sp³-hybridized carbons (Fsp3) is 0.214. The predicted molar refractivity (Wildman–Crippen MR) is 76.1 cm³/mol. The molecule has 0 radical (unpaired) electrons. The lowest BCUT2D eigenvalue weighted by molar-refractivity contribution is -0.142. The van der Waals surface area contributed by atoms with Crippen LogP contribution in [0.5, 0.6) is 0 Å². The molecule has 7 heteroatoms. The van der Waals surface area contributed by atoms with Crippen molar-refractivity contribution in [1.82, 2.24) is 4.57 Å². The molecule has 1 N–H and O–H groups in total. The molecule has 0 aliphatic rings. The van der Waals surface area contributed by atoms with Crippen molar-refractivity contribution >= 4 is 40.9 Å². The van der Waals surface area contributed by atoms with Gasteiger partial charge in [0.15, 0.2) is 6.29 Å². The van der Waals surface area contributed by atoms with E-state index in [2.05, 4.69) is 0 Å². The van der Waals surface area contributed by atoms with Gasteiger partial charge in [0.1, 0.15) is 0 Å². The first kappa shape index (κ1) is 15.1. The van der Waals surface area contributed by atoms with Crippen LogP contribution in [0.4, 0.5) is 4.79 Å². The van der Waals surface area contributed by atoms with Gasteiger partial charge in [0.25, 0.3) is 0 Å². The van der Waals surface area contributed by atoms with Gasteiger partial charge in [0.2, 0.25) is 0 Å². The molecule has 0 aliphatic carbocycles. The lowest BCUT2D eigenvalue weighted by atomic mass is 10.1. The lowest BCUT2D eigenvalue weighted by Crippen LogP contribution is -2.11. The van der Waals surface area contributed by atoms with Gasteiger partial charge in [-0.1, -0.05) is 11.6 Å². The van der Waals surface area contributed by atoms with Crippen LogP contribution in [0.1, 0.15) is 23.0 Å². The van der Waals surface area contributed by atoms with E-state index in [4.69, 9.17) is 16.3 Å². The second-order valence-electron chi connectivity index (χ2n) is 4.25. The number of carboxylic acid groups (broad SMARTS) is 1. The SMILES string of the molecule is CCOC(=O)Cc1c(Cl)ccc2c1cc(C=O)n2C(=O)O. The summed E-state index contributed by atoms with van der Waals surface area (Å²) in [6.07, 6.45) is -0.932. The summed E-state index contributed by atoms with van der Waals surface area (Å²) >= 11 is 6.08. The zero-order valence-electron chi connectivity index (χ0n) is 11.1. The standard InChI is InChI=1S/C14H12ClNO5/c1-2-21-13(18)6-9-10-5-8(7-17)16(14(19)20)12(10)4-3-11(9)15/h3-5,7H,2,6H2,1H3,(H,19,20). The second kappa shape index (κ2) is 5.97. The second-order valence-corrected chi connectivity index (χ2v) is 4.65. The molecule has 2 aromatic rings. The Morgan fingerprint density at radius 2 is 2.14 bits per heavy atom. The Bertz CT molecular complexity index is 735. The molecule has 0 aliphatic heterocycles. The monoisotopic (exact) mass is 309 g/mol. The minimum atomic E-state index is -1.28. The smallest absolute Gasteiger partial charge is 0.416 e. The maximum atomic E-state index is 11.6. The first-order valence-electron chi connectivity index (χ1n) is 6.16. The summed E-state index contributed by atoms with van der Waals surface area (Å²) in [5.41, 5.74) is 0.717. The Labute approximate surface area is 124 Å². The third-order valence-corrected chi connectivity index (χ3v) is 3.36. The Kier molecular flexibility index (Phi) is 4.28. The number of esters is 1. The maximum absolute atomic E-state index is 11.6. The van der Waals surface area contributed by atoms with E-state index in [9.17, 15) is 19.5 Å². The summed E-state index contributed by atoms with van der Waals surface area (Å²) in [7, 11) is 0. The van der Waals surface area contributed by atoms with E-state index < -0.39 is 12.1 Å². The van der Waals surface area contributed by atoms with Gasteiger partial charge in [-0.05, 0) is 30.7 Å². The Morgan fingerprint density at radius 3 is 2.71 bits per heavy atom. The summed E-state index contributed by atoms with van der Waals surface area (Å²) in [6.45, 7) is 1.92. The molecule has 0 unspecified atom stereocenters. The molecule has 1 aromatic carbocycles. The summed E-state index contributed by atoms with van der Waals surface area (Å²) in [6, 6.07) is 4.39. The van der Waals surface area contributed by atoms with Crippen molar-refractivity contribution in [3.8, 4) is 0 Å². The summed E-state index contributed by atoms with van der Waals surface area (Å²) in [4.78, 5) is 33.9. The topological polar surface area (TPSA) is 85.6 Å². The van der Waals surface area contributed by atoms with E-state index in [-0.39, 0.29) is 18.7 Å². The van der Waals surface area contributed by atoms with Gasteiger partial charge in [-0.25, -0.2) is 9.36 Å². The van der Waals surface area contributed by atoms with Crippen LogP contribution in [-0.4, -0.2) is 34.6 Å². The number of carbonyl (C=O) groups is 3. The first-order chi connectivity index (χ1) is 9.99. The molecule has 110 valence electrons. The highest BCUT2D eigenvalue weighted by molar-refractivity contribution is 6.32. The van der Waals surface area contributed by atoms with Crippen LogP contribution in [0.2, 0.25) is 5.02 Å². The largest absolute Gasteiger partial charge is 0.466 e. The van der Waals surface area contributed by atoms with E-state index in [1.54, 1.807) is 6.92 Å². The number of ether oxygens (including phenoxy) is 1. The van der Waals surface area contributed by atoms with E-state index in [1.165, 1.54) is 18.2 Å². The van der Waals surface area contributed by atoms with Crippen molar-refractivity contribution in [2.75, 3.05) is 6.61 Å². The molecule has 0 saturated carbocycles. The molecule has 21 heavy (non-hydrogen) atoms. The summed E-state index contributed by atoms with van der Waals surface area (Å²) in [5.74, 6) is -0.470. The highest BCUT2D eigenvalue weighted by atomic mass is 35.5. The van der Waals surface area contributed by atoms with Crippen LogP contribution in [0.3, 0.4) is 0 Å². The van der Waals surface area contributed by atoms with Crippen molar-refractivity contribution in [1.29, 1.82) is 0 Å². The molecular weight excluding hydrogens is 298 g/mol. The molecule has 0 fully saturated rings.